The molecule has 1 aliphatic rings. The summed E-state index contributed by atoms with van der Waals surface area (Å²) < 4.78 is 54.2. The third kappa shape index (κ3) is 4.74. The van der Waals surface area contributed by atoms with Crippen LogP contribution in [0.25, 0.3) is 0 Å². The standard InChI is InChI=1S/C22H16Cl2F4N4O/c1-11-19(21(33)29-10-12-2-5-14(25)6-3-12)20(13-4-7-15(23)16(24)8-13)32-18(30-11)9-17(31-32)22(26,27)28/h2-9,19-20H,10H2,1H3,(H,29,33). The minimum atomic E-state index is -4.68. The highest BCUT2D eigenvalue weighted by atomic mass is 35.5. The molecular formula is C22H16Cl2F4N4O. The number of carbonyl (C=O) groups is 1. The molecule has 1 aliphatic heterocycles. The maximum absolute atomic E-state index is 13.3. The lowest BCUT2D eigenvalue weighted by molar-refractivity contribution is -0.141. The van der Waals surface area contributed by atoms with Crippen LogP contribution in [0.15, 0.2) is 53.5 Å². The number of rotatable bonds is 4. The molecule has 0 bridgehead atoms. The first kappa shape index (κ1) is 23.3. The fourth-order valence-electron chi connectivity index (χ4n) is 3.70. The predicted octanol–water partition coefficient (Wildman–Crippen LogP) is 5.98. The van der Waals surface area contributed by atoms with Gasteiger partial charge >= 0.3 is 6.18 Å². The van der Waals surface area contributed by atoms with Crippen LogP contribution in [0.5, 0.6) is 0 Å². The molecule has 4 rings (SSSR count). The zero-order valence-corrected chi connectivity index (χ0v) is 18.5. The van der Waals surface area contributed by atoms with Crippen molar-refractivity contribution in [3.63, 3.8) is 0 Å². The maximum Gasteiger partial charge on any atom is 0.435 e. The van der Waals surface area contributed by atoms with Crippen molar-refractivity contribution in [1.82, 2.24) is 15.1 Å². The van der Waals surface area contributed by atoms with Crippen LogP contribution in [0.2, 0.25) is 10.0 Å². The molecule has 2 atom stereocenters. The second kappa shape index (κ2) is 8.79. The van der Waals surface area contributed by atoms with Gasteiger partial charge in [0.15, 0.2) is 11.5 Å². The summed E-state index contributed by atoms with van der Waals surface area (Å²) in [5.74, 6) is -1.90. The Labute approximate surface area is 196 Å². The van der Waals surface area contributed by atoms with Gasteiger partial charge in [-0.1, -0.05) is 41.4 Å². The number of alkyl halides is 3. The van der Waals surface area contributed by atoms with Gasteiger partial charge in [-0.05, 0) is 42.3 Å². The third-order valence-electron chi connectivity index (χ3n) is 5.27. The fourth-order valence-corrected chi connectivity index (χ4v) is 4.00. The third-order valence-corrected chi connectivity index (χ3v) is 6.01. The number of aliphatic imine (C=N–C) groups is 1. The van der Waals surface area contributed by atoms with Crippen LogP contribution in [0.4, 0.5) is 23.4 Å². The largest absolute Gasteiger partial charge is 0.435 e. The molecule has 0 saturated heterocycles. The van der Waals surface area contributed by atoms with Gasteiger partial charge in [0.25, 0.3) is 0 Å². The van der Waals surface area contributed by atoms with E-state index in [0.717, 1.165) is 10.7 Å². The second-order valence-electron chi connectivity index (χ2n) is 7.52. The van der Waals surface area contributed by atoms with E-state index in [1.165, 1.54) is 36.4 Å². The van der Waals surface area contributed by atoms with Crippen molar-refractivity contribution in [2.45, 2.75) is 25.7 Å². The topological polar surface area (TPSA) is 59.3 Å². The van der Waals surface area contributed by atoms with Crippen molar-refractivity contribution >= 4 is 40.6 Å². The number of fused-ring (bicyclic) bond motifs is 1. The number of carbonyl (C=O) groups excluding carboxylic acids is 1. The molecule has 172 valence electrons. The molecule has 0 fully saturated rings. The van der Waals surface area contributed by atoms with E-state index >= 15 is 0 Å². The Morgan fingerprint density at radius 2 is 1.79 bits per heavy atom. The maximum atomic E-state index is 13.3. The normalized spacial score (nSPS) is 18.0. The Balaban J connectivity index is 1.73. The quantitative estimate of drug-likeness (QED) is 0.450. The average molecular weight is 499 g/mol. The molecule has 0 aliphatic carbocycles. The first-order valence-electron chi connectivity index (χ1n) is 9.73. The van der Waals surface area contributed by atoms with Crippen LogP contribution in [-0.4, -0.2) is 21.4 Å². The average Bonchev–Trinajstić information content (AvgIpc) is 3.18. The van der Waals surface area contributed by atoms with E-state index in [9.17, 15) is 22.4 Å². The van der Waals surface area contributed by atoms with Crippen LogP contribution < -0.4 is 5.32 Å². The molecule has 0 radical (unpaired) electrons. The van der Waals surface area contributed by atoms with Gasteiger partial charge in [-0.15, -0.1) is 0 Å². The van der Waals surface area contributed by atoms with Crippen molar-refractivity contribution < 1.29 is 22.4 Å². The van der Waals surface area contributed by atoms with Crippen molar-refractivity contribution in [3.05, 3.63) is 81.2 Å². The second-order valence-corrected chi connectivity index (χ2v) is 8.34. The highest BCUT2D eigenvalue weighted by Crippen LogP contribution is 2.41. The number of benzene rings is 2. The van der Waals surface area contributed by atoms with Gasteiger partial charge in [0, 0.05) is 18.3 Å². The van der Waals surface area contributed by atoms with Gasteiger partial charge < -0.3 is 5.32 Å². The lowest BCUT2D eigenvalue weighted by Gasteiger charge is -2.31. The summed E-state index contributed by atoms with van der Waals surface area (Å²) in [6, 6.07) is 10.0. The van der Waals surface area contributed by atoms with E-state index < -0.39 is 35.6 Å². The number of aromatic nitrogens is 2. The first-order valence-corrected chi connectivity index (χ1v) is 10.5. The number of hydrogen-bond acceptors (Lipinski definition) is 3. The first-order chi connectivity index (χ1) is 15.5. The molecular weight excluding hydrogens is 483 g/mol. The Morgan fingerprint density at radius 1 is 1.09 bits per heavy atom. The molecule has 1 amide bonds. The highest BCUT2D eigenvalue weighted by molar-refractivity contribution is 6.42. The van der Waals surface area contributed by atoms with Crippen LogP contribution in [0, 0.1) is 11.7 Å². The summed E-state index contributed by atoms with van der Waals surface area (Å²) in [6.07, 6.45) is -4.68. The minimum Gasteiger partial charge on any atom is -0.351 e. The van der Waals surface area contributed by atoms with Gasteiger partial charge in [-0.2, -0.15) is 18.3 Å². The molecule has 5 nitrogen and oxygen atoms in total. The van der Waals surface area contributed by atoms with Gasteiger partial charge in [-0.25, -0.2) is 14.1 Å². The molecule has 1 aromatic heterocycles. The van der Waals surface area contributed by atoms with Crippen molar-refractivity contribution in [1.29, 1.82) is 0 Å². The molecule has 0 saturated carbocycles. The van der Waals surface area contributed by atoms with Crippen molar-refractivity contribution in [3.8, 4) is 0 Å². The number of nitrogens with one attached hydrogen (secondary N) is 1. The Bertz CT molecular complexity index is 1240. The summed E-state index contributed by atoms with van der Waals surface area (Å²) in [5, 5.41) is 6.91. The summed E-state index contributed by atoms with van der Waals surface area (Å²) in [6.45, 7) is 1.66. The van der Waals surface area contributed by atoms with Crippen molar-refractivity contribution in [2.75, 3.05) is 0 Å². The Hall–Kier alpha value is -2.91. The number of hydrogen-bond donors (Lipinski definition) is 1. The van der Waals surface area contributed by atoms with E-state index in [1.54, 1.807) is 13.0 Å². The molecule has 0 spiro atoms. The minimum absolute atomic E-state index is 0.0292. The van der Waals surface area contributed by atoms with E-state index in [4.69, 9.17) is 23.2 Å². The van der Waals surface area contributed by atoms with E-state index in [-0.39, 0.29) is 22.4 Å². The summed E-state index contributed by atoms with van der Waals surface area (Å²) >= 11 is 12.2. The number of nitrogens with zero attached hydrogens (tertiary/aromatic N) is 3. The van der Waals surface area contributed by atoms with Gasteiger partial charge in [-0.3, -0.25) is 4.79 Å². The molecule has 2 aromatic carbocycles. The van der Waals surface area contributed by atoms with E-state index in [0.29, 0.717) is 16.8 Å². The lowest BCUT2D eigenvalue weighted by atomic mass is 9.87. The summed E-state index contributed by atoms with van der Waals surface area (Å²) in [7, 11) is 0. The number of amides is 1. The molecule has 2 unspecified atom stereocenters. The predicted molar refractivity (Wildman–Crippen MR) is 116 cm³/mol. The Morgan fingerprint density at radius 3 is 2.42 bits per heavy atom. The van der Waals surface area contributed by atoms with Crippen LogP contribution in [0.3, 0.4) is 0 Å². The zero-order valence-electron chi connectivity index (χ0n) is 17.0. The fraction of sp³-hybridized carbons (Fsp3) is 0.227. The SMILES string of the molecule is CC1=Nc2cc(C(F)(F)F)nn2C(c2ccc(Cl)c(Cl)c2)C1C(=O)NCc1ccc(F)cc1. The molecule has 3 aromatic rings. The summed E-state index contributed by atoms with van der Waals surface area (Å²) in [5.41, 5.74) is 0.286. The monoisotopic (exact) mass is 498 g/mol. The molecule has 11 heteroatoms. The van der Waals surface area contributed by atoms with Gasteiger partial charge in [0.2, 0.25) is 5.91 Å². The van der Waals surface area contributed by atoms with Gasteiger partial charge in [0.1, 0.15) is 11.7 Å². The molecule has 1 N–H and O–H groups in total. The molecule has 2 heterocycles. The highest BCUT2D eigenvalue weighted by Gasteiger charge is 2.42. The molecule has 33 heavy (non-hydrogen) atoms. The van der Waals surface area contributed by atoms with Crippen LogP contribution in [0.1, 0.15) is 29.8 Å². The summed E-state index contributed by atoms with van der Waals surface area (Å²) in [4.78, 5) is 17.4. The van der Waals surface area contributed by atoms with Crippen molar-refractivity contribution in [2.24, 2.45) is 10.9 Å². The van der Waals surface area contributed by atoms with Gasteiger partial charge in [0.05, 0.1) is 16.1 Å². The zero-order chi connectivity index (χ0) is 23.9. The van der Waals surface area contributed by atoms with E-state index in [1.807, 2.05) is 0 Å². The van der Waals surface area contributed by atoms with Crippen LogP contribution >= 0.6 is 23.2 Å². The Kier molecular flexibility index (Phi) is 6.20. The lowest BCUT2D eigenvalue weighted by Crippen LogP contribution is -2.42. The number of halogens is 6. The smallest absolute Gasteiger partial charge is 0.351 e. The van der Waals surface area contributed by atoms with Crippen LogP contribution in [-0.2, 0) is 17.5 Å². The van der Waals surface area contributed by atoms with E-state index in [2.05, 4.69) is 15.4 Å².